The van der Waals surface area contributed by atoms with Crippen LogP contribution in [-0.4, -0.2) is 19.2 Å². The van der Waals surface area contributed by atoms with Crippen molar-refractivity contribution in [3.05, 3.63) is 35.4 Å². The van der Waals surface area contributed by atoms with Crippen LogP contribution in [0.2, 0.25) is 0 Å². The van der Waals surface area contributed by atoms with Crippen LogP contribution in [0.5, 0.6) is 0 Å². The zero-order valence-electron chi connectivity index (χ0n) is 9.83. The summed E-state index contributed by atoms with van der Waals surface area (Å²) in [4.78, 5) is 0. The fourth-order valence-electron chi connectivity index (χ4n) is 2.04. The number of morpholine rings is 1. The summed E-state index contributed by atoms with van der Waals surface area (Å²) in [6.45, 7) is 3.58. The summed E-state index contributed by atoms with van der Waals surface area (Å²) >= 11 is 0. The summed E-state index contributed by atoms with van der Waals surface area (Å²) in [6.07, 6.45) is -1.44. The highest BCUT2D eigenvalue weighted by atomic mass is 19.3. The second-order valence-corrected chi connectivity index (χ2v) is 4.28. The van der Waals surface area contributed by atoms with Crippen molar-refractivity contribution in [3.8, 4) is 0 Å². The Morgan fingerprint density at radius 2 is 2.24 bits per heavy atom. The van der Waals surface area contributed by atoms with Crippen molar-refractivity contribution >= 4 is 0 Å². The van der Waals surface area contributed by atoms with Crippen molar-refractivity contribution < 1.29 is 13.5 Å². The van der Waals surface area contributed by atoms with Gasteiger partial charge in [0.15, 0.2) is 0 Å². The van der Waals surface area contributed by atoms with Crippen molar-refractivity contribution in [3.63, 3.8) is 0 Å². The van der Waals surface area contributed by atoms with Crippen LogP contribution in [0.3, 0.4) is 0 Å². The molecule has 0 radical (unpaired) electrons. The van der Waals surface area contributed by atoms with Crippen molar-refractivity contribution in [2.24, 2.45) is 0 Å². The van der Waals surface area contributed by atoms with Gasteiger partial charge in [-0.25, -0.2) is 8.78 Å². The summed E-state index contributed by atoms with van der Waals surface area (Å²) in [5.74, 6) is 0. The molecule has 2 atom stereocenters. The third kappa shape index (κ3) is 3.01. The molecule has 1 fully saturated rings. The van der Waals surface area contributed by atoms with E-state index >= 15 is 0 Å². The normalized spacial score (nSPS) is 25.2. The molecule has 94 valence electrons. The van der Waals surface area contributed by atoms with Gasteiger partial charge in [0.05, 0.1) is 12.2 Å². The molecule has 1 N–H and O–H groups in total. The number of hydrogen-bond acceptors (Lipinski definition) is 2. The number of nitrogens with one attached hydrogen (secondary N) is 1. The van der Waals surface area contributed by atoms with Crippen LogP contribution in [-0.2, 0) is 4.74 Å². The third-order valence-corrected chi connectivity index (χ3v) is 3.05. The lowest BCUT2D eigenvalue weighted by Gasteiger charge is -2.30. The summed E-state index contributed by atoms with van der Waals surface area (Å²) in [6, 6.07) is 6.49. The lowest BCUT2D eigenvalue weighted by Crippen LogP contribution is -2.40. The minimum atomic E-state index is -2.42. The molecule has 0 bridgehead atoms. The SMILES string of the molecule is CCC1CNCC(c2cccc(C(F)F)c2)O1. The minimum Gasteiger partial charge on any atom is -0.368 e. The van der Waals surface area contributed by atoms with Crippen LogP contribution >= 0.6 is 0 Å². The molecule has 1 heterocycles. The Bertz CT molecular complexity index is 370. The number of halogens is 2. The first-order chi connectivity index (χ1) is 8.20. The van der Waals surface area contributed by atoms with Gasteiger partial charge in [-0.1, -0.05) is 25.1 Å². The van der Waals surface area contributed by atoms with Crippen LogP contribution in [0, 0.1) is 0 Å². The van der Waals surface area contributed by atoms with Crippen LogP contribution in [0.15, 0.2) is 24.3 Å². The molecule has 0 aliphatic carbocycles. The Labute approximate surface area is 100.0 Å². The average molecular weight is 241 g/mol. The molecular weight excluding hydrogens is 224 g/mol. The van der Waals surface area contributed by atoms with E-state index in [1.54, 1.807) is 6.07 Å². The second-order valence-electron chi connectivity index (χ2n) is 4.28. The van der Waals surface area contributed by atoms with Gasteiger partial charge >= 0.3 is 0 Å². The van der Waals surface area contributed by atoms with Crippen molar-refractivity contribution in [1.82, 2.24) is 5.32 Å². The number of rotatable bonds is 3. The zero-order chi connectivity index (χ0) is 12.3. The Kier molecular flexibility index (Phi) is 4.07. The van der Waals surface area contributed by atoms with E-state index in [1.165, 1.54) is 12.1 Å². The van der Waals surface area contributed by atoms with Gasteiger partial charge in [0.2, 0.25) is 0 Å². The quantitative estimate of drug-likeness (QED) is 0.878. The molecule has 0 amide bonds. The van der Waals surface area contributed by atoms with E-state index in [9.17, 15) is 8.78 Å². The molecule has 0 saturated carbocycles. The molecule has 2 rings (SSSR count). The first-order valence-corrected chi connectivity index (χ1v) is 5.95. The molecule has 1 aromatic rings. The maximum absolute atomic E-state index is 12.6. The minimum absolute atomic E-state index is 0.0599. The van der Waals surface area contributed by atoms with Crippen LogP contribution in [0.4, 0.5) is 8.78 Å². The number of ether oxygens (including phenoxy) is 1. The molecule has 0 spiro atoms. The number of alkyl halides is 2. The molecule has 1 aromatic carbocycles. The lowest BCUT2D eigenvalue weighted by molar-refractivity contribution is -0.0400. The van der Waals surface area contributed by atoms with E-state index in [0.29, 0.717) is 6.54 Å². The summed E-state index contributed by atoms with van der Waals surface area (Å²) in [7, 11) is 0. The van der Waals surface area contributed by atoms with Gasteiger partial charge in [-0.15, -0.1) is 0 Å². The van der Waals surface area contributed by atoms with E-state index in [0.717, 1.165) is 18.5 Å². The maximum Gasteiger partial charge on any atom is 0.263 e. The molecule has 1 saturated heterocycles. The molecule has 0 aromatic heterocycles. The molecule has 17 heavy (non-hydrogen) atoms. The van der Waals surface area contributed by atoms with Gasteiger partial charge in [0, 0.05) is 18.7 Å². The van der Waals surface area contributed by atoms with Gasteiger partial charge in [0.1, 0.15) is 0 Å². The predicted molar refractivity (Wildman–Crippen MR) is 62.2 cm³/mol. The van der Waals surface area contributed by atoms with Crippen LogP contribution in [0.1, 0.15) is 37.0 Å². The van der Waals surface area contributed by atoms with Gasteiger partial charge in [-0.3, -0.25) is 0 Å². The van der Waals surface area contributed by atoms with E-state index in [2.05, 4.69) is 12.2 Å². The Morgan fingerprint density at radius 1 is 1.41 bits per heavy atom. The molecule has 1 aliphatic rings. The van der Waals surface area contributed by atoms with Gasteiger partial charge in [-0.2, -0.15) is 0 Å². The Hall–Kier alpha value is -1.00. The summed E-state index contributed by atoms with van der Waals surface area (Å²) in [5.41, 5.74) is 0.887. The molecular formula is C13H17F2NO. The van der Waals surface area contributed by atoms with E-state index in [1.807, 2.05) is 6.07 Å². The molecule has 4 heteroatoms. The first-order valence-electron chi connectivity index (χ1n) is 5.95. The fourth-order valence-corrected chi connectivity index (χ4v) is 2.04. The van der Waals surface area contributed by atoms with E-state index < -0.39 is 6.43 Å². The highest BCUT2D eigenvalue weighted by Gasteiger charge is 2.22. The van der Waals surface area contributed by atoms with Crippen molar-refractivity contribution in [2.75, 3.05) is 13.1 Å². The zero-order valence-corrected chi connectivity index (χ0v) is 9.83. The highest BCUT2D eigenvalue weighted by molar-refractivity contribution is 5.26. The highest BCUT2D eigenvalue weighted by Crippen LogP contribution is 2.26. The monoisotopic (exact) mass is 241 g/mol. The van der Waals surface area contributed by atoms with Crippen molar-refractivity contribution in [1.29, 1.82) is 0 Å². The predicted octanol–water partition coefficient (Wildman–Crippen LogP) is 3.06. The average Bonchev–Trinajstić information content (AvgIpc) is 2.39. The van der Waals surface area contributed by atoms with E-state index in [-0.39, 0.29) is 17.8 Å². The van der Waals surface area contributed by atoms with Gasteiger partial charge < -0.3 is 10.1 Å². The lowest BCUT2D eigenvalue weighted by atomic mass is 10.0. The summed E-state index contributed by atoms with van der Waals surface area (Å²) < 4.78 is 31.1. The maximum atomic E-state index is 12.6. The molecule has 1 aliphatic heterocycles. The van der Waals surface area contributed by atoms with Gasteiger partial charge in [0.25, 0.3) is 6.43 Å². The Morgan fingerprint density at radius 3 is 2.94 bits per heavy atom. The van der Waals surface area contributed by atoms with Crippen LogP contribution < -0.4 is 5.32 Å². The molecule has 2 nitrogen and oxygen atoms in total. The molecule has 2 unspecified atom stereocenters. The van der Waals surface area contributed by atoms with Crippen LogP contribution in [0.25, 0.3) is 0 Å². The Balaban J connectivity index is 2.13. The number of benzene rings is 1. The fraction of sp³-hybridized carbons (Fsp3) is 0.538. The van der Waals surface area contributed by atoms with Crippen molar-refractivity contribution in [2.45, 2.75) is 32.0 Å². The number of hydrogen-bond donors (Lipinski definition) is 1. The summed E-state index contributed by atoms with van der Waals surface area (Å²) in [5, 5.41) is 3.27. The topological polar surface area (TPSA) is 21.3 Å². The third-order valence-electron chi connectivity index (χ3n) is 3.05. The van der Waals surface area contributed by atoms with E-state index in [4.69, 9.17) is 4.74 Å². The first kappa shape index (κ1) is 12.5. The van der Waals surface area contributed by atoms with Gasteiger partial charge in [-0.05, 0) is 18.1 Å². The standard InChI is InChI=1S/C13H17F2NO/c1-2-11-7-16-8-12(17-11)9-4-3-5-10(6-9)13(14)15/h3-6,11-13,16H,2,7-8H2,1H3. The smallest absolute Gasteiger partial charge is 0.263 e. The second kappa shape index (κ2) is 5.56. The largest absolute Gasteiger partial charge is 0.368 e.